The molecule has 1 N–H and O–H groups in total. The standard InChI is InChI=1S/C23H19F3N4O3S/c1-34(31,32)22-8-13(6-7-28-22)15-9-18-17(10-16(15)24)29-21-12-27-11-19(30(18)21)14-4-2-3-5-20(14)33-23(25)26/h2-10,19,23,27H,11-12H2,1H3/t19-/m0/s1. The molecule has 5 rings (SSSR count). The molecule has 0 radical (unpaired) electrons. The van der Waals surface area contributed by atoms with Gasteiger partial charge in [0.05, 0.1) is 23.6 Å². The van der Waals surface area contributed by atoms with E-state index in [9.17, 15) is 17.2 Å². The van der Waals surface area contributed by atoms with Crippen molar-refractivity contribution < 1.29 is 26.3 Å². The minimum atomic E-state index is -3.59. The number of imidazole rings is 1. The minimum Gasteiger partial charge on any atom is -0.434 e. The number of pyridine rings is 1. The molecule has 1 aliphatic rings. The molecule has 3 heterocycles. The van der Waals surface area contributed by atoms with Crippen molar-refractivity contribution in [3.8, 4) is 16.9 Å². The minimum absolute atomic E-state index is 0.0493. The number of para-hydroxylation sites is 1. The zero-order chi connectivity index (χ0) is 24.0. The Balaban J connectivity index is 1.69. The van der Waals surface area contributed by atoms with Crippen molar-refractivity contribution in [1.29, 1.82) is 0 Å². The summed E-state index contributed by atoms with van der Waals surface area (Å²) in [6, 6.07) is 11.8. The Labute approximate surface area is 193 Å². The first-order chi connectivity index (χ1) is 16.2. The third kappa shape index (κ3) is 4.01. The van der Waals surface area contributed by atoms with Gasteiger partial charge in [0.1, 0.15) is 17.4 Å². The lowest BCUT2D eigenvalue weighted by molar-refractivity contribution is -0.0507. The maximum absolute atomic E-state index is 15.1. The number of hydrogen-bond acceptors (Lipinski definition) is 6. The van der Waals surface area contributed by atoms with Crippen LogP contribution in [0.1, 0.15) is 17.4 Å². The molecule has 4 aromatic rings. The molecule has 0 spiro atoms. The van der Waals surface area contributed by atoms with Crippen LogP contribution in [-0.2, 0) is 16.4 Å². The fourth-order valence-corrected chi connectivity index (χ4v) is 4.85. The summed E-state index contributed by atoms with van der Waals surface area (Å²) in [6.45, 7) is -2.15. The van der Waals surface area contributed by atoms with E-state index in [-0.39, 0.29) is 16.3 Å². The van der Waals surface area contributed by atoms with Crippen molar-refractivity contribution in [2.75, 3.05) is 12.8 Å². The summed E-state index contributed by atoms with van der Waals surface area (Å²) in [6.07, 6.45) is 2.34. The van der Waals surface area contributed by atoms with Crippen molar-refractivity contribution in [3.63, 3.8) is 0 Å². The summed E-state index contributed by atoms with van der Waals surface area (Å²) < 4.78 is 71.6. The third-order valence-corrected chi connectivity index (χ3v) is 6.69. The first-order valence-electron chi connectivity index (χ1n) is 10.3. The summed E-state index contributed by atoms with van der Waals surface area (Å²) in [4.78, 5) is 8.40. The molecule has 0 amide bonds. The highest BCUT2D eigenvalue weighted by Crippen LogP contribution is 2.36. The Morgan fingerprint density at radius 2 is 1.97 bits per heavy atom. The van der Waals surface area contributed by atoms with Crippen molar-refractivity contribution in [3.05, 3.63) is 71.9 Å². The van der Waals surface area contributed by atoms with E-state index in [0.717, 1.165) is 6.26 Å². The summed E-state index contributed by atoms with van der Waals surface area (Å²) in [5, 5.41) is 3.05. The molecule has 1 atom stereocenters. The molecule has 2 aromatic heterocycles. The normalized spacial score (nSPS) is 16.1. The molecule has 0 fully saturated rings. The number of fused-ring (bicyclic) bond motifs is 3. The molecular formula is C23H19F3N4O3S. The van der Waals surface area contributed by atoms with E-state index in [1.165, 1.54) is 30.5 Å². The zero-order valence-corrected chi connectivity index (χ0v) is 18.7. The molecule has 1 aliphatic heterocycles. The van der Waals surface area contributed by atoms with Gasteiger partial charge >= 0.3 is 6.61 Å². The maximum atomic E-state index is 15.1. The number of hydrogen-bond donors (Lipinski definition) is 1. The Bertz CT molecular complexity index is 1500. The van der Waals surface area contributed by atoms with Gasteiger partial charge in [0.25, 0.3) is 0 Å². The van der Waals surface area contributed by atoms with Crippen LogP contribution in [-0.4, -0.2) is 42.4 Å². The molecule has 0 bridgehead atoms. The second-order valence-electron chi connectivity index (χ2n) is 7.94. The number of ether oxygens (including phenoxy) is 1. The van der Waals surface area contributed by atoms with Gasteiger partial charge in [-0.25, -0.2) is 22.8 Å². The summed E-state index contributed by atoms with van der Waals surface area (Å²) >= 11 is 0. The highest BCUT2D eigenvalue weighted by atomic mass is 32.2. The van der Waals surface area contributed by atoms with E-state index in [1.807, 2.05) is 4.57 Å². The molecule has 0 unspecified atom stereocenters. The quantitative estimate of drug-likeness (QED) is 0.458. The lowest BCUT2D eigenvalue weighted by Gasteiger charge is -2.28. The Hall–Kier alpha value is -3.44. The van der Waals surface area contributed by atoms with E-state index >= 15 is 4.39 Å². The average Bonchev–Trinajstić information content (AvgIpc) is 3.15. The highest BCUT2D eigenvalue weighted by Gasteiger charge is 2.28. The van der Waals surface area contributed by atoms with Gasteiger partial charge in [0.15, 0.2) is 14.9 Å². The van der Waals surface area contributed by atoms with Gasteiger partial charge in [-0.05, 0) is 29.8 Å². The number of nitrogens with one attached hydrogen (secondary N) is 1. The predicted molar refractivity (Wildman–Crippen MR) is 119 cm³/mol. The Kier molecular flexibility index (Phi) is 5.53. The van der Waals surface area contributed by atoms with Crippen molar-refractivity contribution in [2.24, 2.45) is 0 Å². The van der Waals surface area contributed by atoms with Crippen LogP contribution in [0.5, 0.6) is 5.75 Å². The van der Waals surface area contributed by atoms with Gasteiger partial charge in [0, 0.05) is 36.2 Å². The van der Waals surface area contributed by atoms with Gasteiger partial charge in [0.2, 0.25) is 0 Å². The first kappa shape index (κ1) is 22.4. The van der Waals surface area contributed by atoms with E-state index in [2.05, 4.69) is 15.3 Å². The van der Waals surface area contributed by atoms with Crippen LogP contribution >= 0.6 is 0 Å². The number of sulfone groups is 1. The smallest absolute Gasteiger partial charge is 0.387 e. The Morgan fingerprint density at radius 1 is 1.18 bits per heavy atom. The average molecular weight is 488 g/mol. The number of benzene rings is 2. The van der Waals surface area contributed by atoms with Gasteiger partial charge in [-0.2, -0.15) is 8.78 Å². The molecule has 0 aliphatic carbocycles. The lowest BCUT2D eigenvalue weighted by atomic mass is 10.0. The fraction of sp³-hybridized carbons (Fsp3) is 0.217. The zero-order valence-electron chi connectivity index (χ0n) is 17.9. The monoisotopic (exact) mass is 488 g/mol. The molecule has 11 heteroatoms. The van der Waals surface area contributed by atoms with Gasteiger partial charge in [-0.1, -0.05) is 18.2 Å². The van der Waals surface area contributed by atoms with Crippen LogP contribution in [0.2, 0.25) is 0 Å². The van der Waals surface area contributed by atoms with Crippen LogP contribution in [0.25, 0.3) is 22.2 Å². The van der Waals surface area contributed by atoms with Gasteiger partial charge in [-0.3, -0.25) is 0 Å². The lowest BCUT2D eigenvalue weighted by Crippen LogP contribution is -2.34. The Morgan fingerprint density at radius 3 is 2.74 bits per heavy atom. The number of rotatable bonds is 5. The van der Waals surface area contributed by atoms with Crippen LogP contribution < -0.4 is 10.1 Å². The third-order valence-electron chi connectivity index (χ3n) is 5.70. The maximum Gasteiger partial charge on any atom is 0.387 e. The summed E-state index contributed by atoms with van der Waals surface area (Å²) in [5.74, 6) is 0.0917. The van der Waals surface area contributed by atoms with Crippen LogP contribution in [0, 0.1) is 5.82 Å². The van der Waals surface area contributed by atoms with Gasteiger partial charge in [-0.15, -0.1) is 0 Å². The largest absolute Gasteiger partial charge is 0.434 e. The van der Waals surface area contributed by atoms with E-state index in [1.54, 1.807) is 24.3 Å². The van der Waals surface area contributed by atoms with Gasteiger partial charge < -0.3 is 14.6 Å². The molecule has 7 nitrogen and oxygen atoms in total. The van der Waals surface area contributed by atoms with Crippen LogP contribution in [0.3, 0.4) is 0 Å². The van der Waals surface area contributed by atoms with Crippen LogP contribution in [0.15, 0.2) is 59.8 Å². The second kappa shape index (κ2) is 8.41. The molecular weight excluding hydrogens is 469 g/mol. The van der Waals surface area contributed by atoms with E-state index in [4.69, 9.17) is 4.74 Å². The van der Waals surface area contributed by atoms with Crippen LogP contribution in [0.4, 0.5) is 13.2 Å². The van der Waals surface area contributed by atoms with Crippen molar-refractivity contribution in [1.82, 2.24) is 19.9 Å². The predicted octanol–water partition coefficient (Wildman–Crippen LogP) is 3.93. The van der Waals surface area contributed by atoms with Crippen molar-refractivity contribution >= 4 is 20.9 Å². The number of halogens is 3. The fourth-order valence-electron chi connectivity index (χ4n) is 4.26. The number of nitrogens with zero attached hydrogens (tertiary/aromatic N) is 3. The van der Waals surface area contributed by atoms with E-state index < -0.39 is 28.3 Å². The summed E-state index contributed by atoms with van der Waals surface area (Å²) in [7, 11) is -3.59. The highest BCUT2D eigenvalue weighted by molar-refractivity contribution is 7.90. The number of aromatic nitrogens is 3. The molecule has 34 heavy (non-hydrogen) atoms. The molecule has 0 saturated heterocycles. The SMILES string of the molecule is CS(=O)(=O)c1cc(-c2cc3c(cc2F)nc2n3[C@H](c3ccccc3OC(F)F)CNC2)ccn1. The molecule has 2 aromatic carbocycles. The molecule has 0 saturated carbocycles. The second-order valence-corrected chi connectivity index (χ2v) is 9.90. The topological polar surface area (TPSA) is 86.1 Å². The number of alkyl halides is 2. The molecule has 176 valence electrons. The van der Waals surface area contributed by atoms with E-state index in [0.29, 0.717) is 41.1 Å². The van der Waals surface area contributed by atoms with Crippen molar-refractivity contribution in [2.45, 2.75) is 24.2 Å². The first-order valence-corrected chi connectivity index (χ1v) is 12.2. The summed E-state index contributed by atoms with van der Waals surface area (Å²) in [5.41, 5.74) is 2.04.